The van der Waals surface area contributed by atoms with Gasteiger partial charge in [0.15, 0.2) is 5.58 Å². The fourth-order valence-electron chi connectivity index (χ4n) is 8.00. The highest BCUT2D eigenvalue weighted by Gasteiger charge is 2.18. The minimum Gasteiger partial charge on any atom is -0.456 e. The Labute approximate surface area is 304 Å². The van der Waals surface area contributed by atoms with Crippen LogP contribution in [0.15, 0.2) is 191 Å². The van der Waals surface area contributed by atoms with E-state index in [1.54, 1.807) is 0 Å². The van der Waals surface area contributed by atoms with Crippen molar-refractivity contribution in [2.75, 3.05) is 4.90 Å². The summed E-state index contributed by atoms with van der Waals surface area (Å²) >= 11 is 0. The lowest BCUT2D eigenvalue weighted by Crippen LogP contribution is -2.09. The lowest BCUT2D eigenvalue weighted by atomic mass is 9.92. The Kier molecular flexibility index (Phi) is 6.52. The van der Waals surface area contributed by atoms with E-state index in [1.807, 2.05) is 42.5 Å². The average Bonchev–Trinajstić information content (AvgIpc) is 3.83. The number of furan rings is 1. The highest BCUT2D eigenvalue weighted by Crippen LogP contribution is 2.42. The summed E-state index contributed by atoms with van der Waals surface area (Å²) in [6, 6.07) is 63.9. The Morgan fingerprint density at radius 1 is 0.396 bits per heavy atom. The molecule has 0 fully saturated rings. The third-order valence-corrected chi connectivity index (χ3v) is 10.5. The first-order valence-electron chi connectivity index (χ1n) is 17.9. The third-order valence-electron chi connectivity index (χ3n) is 10.5. The SMILES string of the molecule is c1ccc(-c2nc3ccc4ccc5ccc6c(-c7ccc(N(c8ccccc8)c8ccc9oc%10ccccc%10c9c8)cc7)cccc6c5c4c3o2)cc1. The molecule has 0 spiro atoms. The molecule has 0 aliphatic carbocycles. The predicted octanol–water partition coefficient (Wildman–Crippen LogP) is 14.0. The number of fused-ring (bicyclic) bond motifs is 10. The summed E-state index contributed by atoms with van der Waals surface area (Å²) in [5.41, 5.74) is 9.99. The fourth-order valence-corrected chi connectivity index (χ4v) is 8.00. The van der Waals surface area contributed by atoms with Gasteiger partial charge in [0.1, 0.15) is 16.7 Å². The molecule has 0 saturated carbocycles. The van der Waals surface area contributed by atoms with Crippen molar-refractivity contribution in [3.63, 3.8) is 0 Å². The monoisotopic (exact) mass is 678 g/mol. The summed E-state index contributed by atoms with van der Waals surface area (Å²) in [7, 11) is 0. The van der Waals surface area contributed by atoms with Crippen LogP contribution >= 0.6 is 0 Å². The number of nitrogens with zero attached hydrogens (tertiary/aromatic N) is 2. The van der Waals surface area contributed by atoms with Gasteiger partial charge >= 0.3 is 0 Å². The maximum Gasteiger partial charge on any atom is 0.227 e. The van der Waals surface area contributed by atoms with Crippen LogP contribution in [0.2, 0.25) is 0 Å². The summed E-state index contributed by atoms with van der Waals surface area (Å²) in [4.78, 5) is 7.21. The van der Waals surface area contributed by atoms with E-state index in [0.717, 1.165) is 72.0 Å². The van der Waals surface area contributed by atoms with Crippen molar-refractivity contribution >= 4 is 82.4 Å². The van der Waals surface area contributed by atoms with Gasteiger partial charge in [0.25, 0.3) is 0 Å². The molecule has 11 aromatic rings. The minimum absolute atomic E-state index is 0.633. The van der Waals surface area contributed by atoms with Gasteiger partial charge in [-0.1, -0.05) is 115 Å². The van der Waals surface area contributed by atoms with Gasteiger partial charge in [-0.3, -0.25) is 0 Å². The number of para-hydroxylation sites is 2. The van der Waals surface area contributed by atoms with E-state index < -0.39 is 0 Å². The Morgan fingerprint density at radius 2 is 1.06 bits per heavy atom. The first kappa shape index (κ1) is 29.5. The van der Waals surface area contributed by atoms with Gasteiger partial charge in [-0.25, -0.2) is 4.98 Å². The third kappa shape index (κ3) is 4.73. The largest absolute Gasteiger partial charge is 0.456 e. The second-order valence-electron chi connectivity index (χ2n) is 13.5. The molecule has 4 heteroatoms. The van der Waals surface area contributed by atoms with Gasteiger partial charge in [0.05, 0.1) is 0 Å². The zero-order valence-electron chi connectivity index (χ0n) is 28.5. The molecular weight excluding hydrogens is 649 g/mol. The van der Waals surface area contributed by atoms with Crippen LogP contribution in [0.25, 0.3) is 87.9 Å². The fraction of sp³-hybridized carbons (Fsp3) is 0. The van der Waals surface area contributed by atoms with E-state index >= 15 is 0 Å². The highest BCUT2D eigenvalue weighted by atomic mass is 16.3. The molecule has 53 heavy (non-hydrogen) atoms. The molecule has 0 unspecified atom stereocenters. The second kappa shape index (κ2) is 11.7. The highest BCUT2D eigenvalue weighted by molar-refractivity contribution is 6.27. The van der Waals surface area contributed by atoms with Crippen molar-refractivity contribution in [3.05, 3.63) is 182 Å². The zero-order chi connectivity index (χ0) is 34.9. The first-order chi connectivity index (χ1) is 26.3. The molecule has 11 rings (SSSR count). The predicted molar refractivity (Wildman–Crippen MR) is 219 cm³/mol. The smallest absolute Gasteiger partial charge is 0.227 e. The van der Waals surface area contributed by atoms with Crippen LogP contribution in [-0.2, 0) is 0 Å². The molecule has 0 N–H and O–H groups in total. The van der Waals surface area contributed by atoms with E-state index in [1.165, 1.54) is 27.1 Å². The molecule has 248 valence electrons. The van der Waals surface area contributed by atoms with E-state index in [9.17, 15) is 0 Å². The molecule has 2 heterocycles. The molecule has 2 aromatic heterocycles. The number of oxazole rings is 1. The number of rotatable bonds is 5. The lowest BCUT2D eigenvalue weighted by molar-refractivity contribution is 0.623. The molecule has 0 aliphatic heterocycles. The average molecular weight is 679 g/mol. The normalized spacial score (nSPS) is 11.8. The van der Waals surface area contributed by atoms with E-state index in [2.05, 4.69) is 144 Å². The molecule has 0 amide bonds. The van der Waals surface area contributed by atoms with Crippen molar-refractivity contribution in [2.24, 2.45) is 0 Å². The molecule has 0 saturated heterocycles. The van der Waals surface area contributed by atoms with Crippen LogP contribution in [0.3, 0.4) is 0 Å². The van der Waals surface area contributed by atoms with E-state index in [-0.39, 0.29) is 0 Å². The molecule has 9 aromatic carbocycles. The zero-order valence-corrected chi connectivity index (χ0v) is 28.5. The van der Waals surface area contributed by atoms with Crippen LogP contribution in [-0.4, -0.2) is 4.98 Å². The summed E-state index contributed by atoms with van der Waals surface area (Å²) < 4.78 is 12.7. The van der Waals surface area contributed by atoms with Gasteiger partial charge in [-0.15, -0.1) is 0 Å². The van der Waals surface area contributed by atoms with Crippen LogP contribution in [0.5, 0.6) is 0 Å². The summed E-state index contributed by atoms with van der Waals surface area (Å²) in [5.74, 6) is 0.633. The van der Waals surface area contributed by atoms with E-state index in [4.69, 9.17) is 13.8 Å². The van der Waals surface area contributed by atoms with Crippen molar-refractivity contribution < 1.29 is 8.83 Å². The molecule has 4 nitrogen and oxygen atoms in total. The topological polar surface area (TPSA) is 42.4 Å². The Morgan fingerprint density at radius 3 is 1.91 bits per heavy atom. The van der Waals surface area contributed by atoms with Crippen molar-refractivity contribution in [1.29, 1.82) is 0 Å². The Hall–Kier alpha value is -7.17. The van der Waals surface area contributed by atoms with Gasteiger partial charge in [-0.2, -0.15) is 0 Å². The standard InChI is InChI=1S/C49H30N2O2/c1-3-10-34(11-4-1)49-50-43-28-23-33-19-18-32-22-27-39-38(15-9-16-41(39)46(32)47(33)48(43)53-49)31-20-24-36(25-21-31)51(35-12-5-2-6-13-35)37-26-29-45-42(30-37)40-14-7-8-17-44(40)52-45/h1-30H. The maximum atomic E-state index is 6.57. The minimum atomic E-state index is 0.633. The Balaban J connectivity index is 1.05. The molecule has 0 radical (unpaired) electrons. The lowest BCUT2D eigenvalue weighted by Gasteiger charge is -2.25. The van der Waals surface area contributed by atoms with Crippen LogP contribution in [0, 0.1) is 0 Å². The van der Waals surface area contributed by atoms with Gasteiger partial charge in [0.2, 0.25) is 5.89 Å². The summed E-state index contributed by atoms with van der Waals surface area (Å²) in [6.07, 6.45) is 0. The van der Waals surface area contributed by atoms with Gasteiger partial charge < -0.3 is 13.7 Å². The molecule has 0 bridgehead atoms. The van der Waals surface area contributed by atoms with Crippen molar-refractivity contribution in [2.45, 2.75) is 0 Å². The molecule has 0 atom stereocenters. The van der Waals surface area contributed by atoms with E-state index in [0.29, 0.717) is 5.89 Å². The van der Waals surface area contributed by atoms with Crippen molar-refractivity contribution in [1.82, 2.24) is 4.98 Å². The number of hydrogen-bond donors (Lipinski definition) is 0. The van der Waals surface area contributed by atoms with Crippen LogP contribution in [0.1, 0.15) is 0 Å². The summed E-state index contributed by atoms with van der Waals surface area (Å²) in [6.45, 7) is 0. The summed E-state index contributed by atoms with van der Waals surface area (Å²) in [5, 5.41) is 9.17. The number of hydrogen-bond acceptors (Lipinski definition) is 4. The van der Waals surface area contributed by atoms with Crippen LogP contribution in [0.4, 0.5) is 17.1 Å². The first-order valence-corrected chi connectivity index (χ1v) is 17.9. The number of anilines is 3. The number of benzene rings is 9. The van der Waals surface area contributed by atoms with Gasteiger partial charge in [0, 0.05) is 44.2 Å². The van der Waals surface area contributed by atoms with Crippen LogP contribution < -0.4 is 4.90 Å². The quantitative estimate of drug-likeness (QED) is 0.170. The second-order valence-corrected chi connectivity index (χ2v) is 13.5. The molecule has 0 aliphatic rings. The van der Waals surface area contributed by atoms with Gasteiger partial charge in [-0.05, 0) is 99.4 Å². The number of aromatic nitrogens is 1. The maximum absolute atomic E-state index is 6.57. The molecular formula is C49H30N2O2. The Bertz CT molecular complexity index is 3160. The van der Waals surface area contributed by atoms with Crippen molar-refractivity contribution in [3.8, 4) is 22.6 Å².